The number of ether oxygens (including phenoxy) is 2. The molecule has 2 unspecified atom stereocenters. The van der Waals surface area contributed by atoms with Crippen LogP contribution in [0.4, 0.5) is 0 Å². The second kappa shape index (κ2) is 7.97. The first-order valence-corrected chi connectivity index (χ1v) is 8.99. The van der Waals surface area contributed by atoms with Gasteiger partial charge >= 0.3 is 0 Å². The van der Waals surface area contributed by atoms with Crippen molar-refractivity contribution in [2.75, 3.05) is 7.11 Å². The summed E-state index contributed by atoms with van der Waals surface area (Å²) in [6.45, 7) is 17.8. The number of rotatable bonds is 7. The third kappa shape index (κ3) is 4.83. The minimum absolute atomic E-state index is 0.0929. The van der Waals surface area contributed by atoms with Gasteiger partial charge in [0.1, 0.15) is 0 Å². The lowest BCUT2D eigenvalue weighted by Crippen LogP contribution is -2.41. The van der Waals surface area contributed by atoms with Crippen molar-refractivity contribution in [3.63, 3.8) is 0 Å². The molecule has 0 bridgehead atoms. The average Bonchev–Trinajstić information content (AvgIpc) is 2.44. The van der Waals surface area contributed by atoms with E-state index >= 15 is 0 Å². The highest BCUT2D eigenvalue weighted by Gasteiger charge is 2.38. The van der Waals surface area contributed by atoms with Gasteiger partial charge in [-0.05, 0) is 50.4 Å². The fourth-order valence-corrected chi connectivity index (χ4v) is 3.76. The molecule has 0 aromatic rings. The normalized spacial score (nSPS) is 27.2. The molecule has 2 nitrogen and oxygen atoms in total. The molecule has 130 valence electrons. The van der Waals surface area contributed by atoms with E-state index in [1.807, 2.05) is 0 Å². The van der Waals surface area contributed by atoms with Gasteiger partial charge < -0.3 is 9.47 Å². The molecule has 2 atom stereocenters. The number of hydrogen-bond acceptors (Lipinski definition) is 2. The predicted octanol–water partition coefficient (Wildman–Crippen LogP) is 5.96. The summed E-state index contributed by atoms with van der Waals surface area (Å²) in [6.07, 6.45) is 7.16. The number of methoxy groups -OCH3 is 1. The maximum Gasteiger partial charge on any atom is 0.166 e. The molecular formula is C20H38O2. The van der Waals surface area contributed by atoms with E-state index in [-0.39, 0.29) is 11.7 Å². The van der Waals surface area contributed by atoms with Gasteiger partial charge in [0.05, 0.1) is 6.10 Å². The summed E-state index contributed by atoms with van der Waals surface area (Å²) >= 11 is 0. The van der Waals surface area contributed by atoms with Gasteiger partial charge in [-0.15, -0.1) is 0 Å². The molecule has 0 saturated heterocycles. The summed E-state index contributed by atoms with van der Waals surface area (Å²) in [5, 5.41) is 0. The summed E-state index contributed by atoms with van der Waals surface area (Å²) in [7, 11) is 1.77. The zero-order valence-electron chi connectivity index (χ0n) is 16.0. The molecule has 0 aromatic heterocycles. The molecule has 0 amide bonds. The second-order valence-corrected chi connectivity index (χ2v) is 8.49. The molecule has 0 radical (unpaired) electrons. The van der Waals surface area contributed by atoms with Crippen molar-refractivity contribution in [1.82, 2.24) is 0 Å². The van der Waals surface area contributed by atoms with Crippen molar-refractivity contribution in [3.05, 3.63) is 12.2 Å². The zero-order chi connectivity index (χ0) is 17.0. The Bertz CT molecular complexity index is 347. The van der Waals surface area contributed by atoms with E-state index in [1.54, 1.807) is 7.11 Å². The van der Waals surface area contributed by atoms with Gasteiger partial charge in [0.15, 0.2) is 6.29 Å². The summed E-state index contributed by atoms with van der Waals surface area (Å²) in [5.74, 6) is 0.816. The SMILES string of the molecule is C=C(C)C(C)(CCC)C(OC)OC1CCC(C(C)(C)C)CC1. The molecule has 1 aliphatic carbocycles. The van der Waals surface area contributed by atoms with E-state index in [9.17, 15) is 0 Å². The third-order valence-corrected chi connectivity index (χ3v) is 5.69. The molecular weight excluding hydrogens is 272 g/mol. The van der Waals surface area contributed by atoms with Crippen LogP contribution in [0.5, 0.6) is 0 Å². The molecule has 0 N–H and O–H groups in total. The van der Waals surface area contributed by atoms with Crippen LogP contribution in [-0.2, 0) is 9.47 Å². The first kappa shape index (κ1) is 19.7. The Labute approximate surface area is 138 Å². The van der Waals surface area contributed by atoms with Crippen LogP contribution < -0.4 is 0 Å². The fourth-order valence-electron chi connectivity index (χ4n) is 3.76. The molecule has 1 saturated carbocycles. The van der Waals surface area contributed by atoms with Crippen molar-refractivity contribution in [1.29, 1.82) is 0 Å². The Morgan fingerprint density at radius 3 is 2.05 bits per heavy atom. The lowest BCUT2D eigenvalue weighted by Gasteiger charge is -2.42. The average molecular weight is 311 g/mol. The minimum atomic E-state index is -0.180. The maximum atomic E-state index is 6.40. The van der Waals surface area contributed by atoms with Crippen LogP contribution in [0.25, 0.3) is 0 Å². The minimum Gasteiger partial charge on any atom is -0.355 e. The summed E-state index contributed by atoms with van der Waals surface area (Å²) < 4.78 is 12.1. The number of hydrogen-bond donors (Lipinski definition) is 0. The summed E-state index contributed by atoms with van der Waals surface area (Å²) in [5.41, 5.74) is 1.48. The van der Waals surface area contributed by atoms with Crippen molar-refractivity contribution < 1.29 is 9.47 Å². The van der Waals surface area contributed by atoms with E-state index in [4.69, 9.17) is 9.47 Å². The van der Waals surface area contributed by atoms with Gasteiger partial charge in [0.25, 0.3) is 0 Å². The molecule has 22 heavy (non-hydrogen) atoms. The molecule has 1 fully saturated rings. The van der Waals surface area contributed by atoms with Crippen LogP contribution in [0.3, 0.4) is 0 Å². The molecule has 2 heteroatoms. The quantitative estimate of drug-likeness (QED) is 0.426. The van der Waals surface area contributed by atoms with Gasteiger partial charge in [-0.2, -0.15) is 0 Å². The van der Waals surface area contributed by atoms with Crippen molar-refractivity contribution in [2.45, 2.75) is 92.5 Å². The van der Waals surface area contributed by atoms with Crippen molar-refractivity contribution in [3.8, 4) is 0 Å². The summed E-state index contributed by atoms with van der Waals surface area (Å²) in [6, 6.07) is 0. The van der Waals surface area contributed by atoms with Gasteiger partial charge in [0, 0.05) is 12.5 Å². The fraction of sp³-hybridized carbons (Fsp3) is 0.900. The molecule has 0 aliphatic heterocycles. The van der Waals surface area contributed by atoms with Crippen LogP contribution in [0.1, 0.15) is 80.1 Å². The lowest BCUT2D eigenvalue weighted by atomic mass is 9.71. The predicted molar refractivity (Wildman–Crippen MR) is 94.9 cm³/mol. The van der Waals surface area contributed by atoms with E-state index in [0.29, 0.717) is 11.5 Å². The molecule has 1 rings (SSSR count). The van der Waals surface area contributed by atoms with Gasteiger partial charge in [0.2, 0.25) is 0 Å². The molecule has 0 spiro atoms. The van der Waals surface area contributed by atoms with Gasteiger partial charge in [-0.25, -0.2) is 0 Å². The summed E-state index contributed by atoms with van der Waals surface area (Å²) in [4.78, 5) is 0. The van der Waals surface area contributed by atoms with E-state index in [0.717, 1.165) is 37.2 Å². The van der Waals surface area contributed by atoms with E-state index < -0.39 is 0 Å². The molecule has 0 heterocycles. The second-order valence-electron chi connectivity index (χ2n) is 8.49. The first-order valence-electron chi connectivity index (χ1n) is 8.99. The third-order valence-electron chi connectivity index (χ3n) is 5.69. The van der Waals surface area contributed by atoms with Gasteiger partial charge in [-0.3, -0.25) is 0 Å². The Hall–Kier alpha value is -0.340. The van der Waals surface area contributed by atoms with Crippen LogP contribution in [0.2, 0.25) is 0 Å². The van der Waals surface area contributed by atoms with Crippen LogP contribution in [0, 0.1) is 16.7 Å². The first-order chi connectivity index (χ1) is 10.1. The Morgan fingerprint density at radius 2 is 1.68 bits per heavy atom. The topological polar surface area (TPSA) is 18.5 Å². The van der Waals surface area contributed by atoms with E-state index in [2.05, 4.69) is 48.1 Å². The van der Waals surface area contributed by atoms with Crippen LogP contribution in [0.15, 0.2) is 12.2 Å². The zero-order valence-corrected chi connectivity index (χ0v) is 16.0. The van der Waals surface area contributed by atoms with Crippen molar-refractivity contribution >= 4 is 0 Å². The Kier molecular flexibility index (Phi) is 7.14. The monoisotopic (exact) mass is 310 g/mol. The van der Waals surface area contributed by atoms with Crippen LogP contribution in [-0.4, -0.2) is 19.5 Å². The highest BCUT2D eigenvalue weighted by molar-refractivity contribution is 5.07. The lowest BCUT2D eigenvalue weighted by molar-refractivity contribution is -0.212. The van der Waals surface area contributed by atoms with Crippen LogP contribution >= 0.6 is 0 Å². The molecule has 1 aliphatic rings. The standard InChI is InChI=1S/C20H38O2/c1-9-14-20(7,15(2)3)18(21-8)22-17-12-10-16(11-13-17)19(4,5)6/h16-18H,2,9-14H2,1,3-8H3. The Morgan fingerprint density at radius 1 is 1.14 bits per heavy atom. The highest BCUT2D eigenvalue weighted by atomic mass is 16.7. The maximum absolute atomic E-state index is 6.40. The van der Waals surface area contributed by atoms with E-state index in [1.165, 1.54) is 12.8 Å². The molecule has 0 aromatic carbocycles. The van der Waals surface area contributed by atoms with Crippen molar-refractivity contribution in [2.24, 2.45) is 16.7 Å². The highest BCUT2D eigenvalue weighted by Crippen LogP contribution is 2.42. The largest absolute Gasteiger partial charge is 0.355 e. The Balaban J connectivity index is 2.66. The van der Waals surface area contributed by atoms with Gasteiger partial charge in [-0.1, -0.05) is 53.2 Å². The smallest absolute Gasteiger partial charge is 0.166 e.